The molecule has 0 aliphatic carbocycles. The molecule has 3 rings (SSSR count). The molecule has 0 amide bonds. The Kier molecular flexibility index (Phi) is 2.26. The molecule has 4 nitrogen and oxygen atoms in total. The van der Waals surface area contributed by atoms with Gasteiger partial charge in [0.2, 0.25) is 5.88 Å². The second-order valence-electron chi connectivity index (χ2n) is 3.66. The van der Waals surface area contributed by atoms with Gasteiger partial charge < -0.3 is 4.74 Å². The van der Waals surface area contributed by atoms with E-state index in [2.05, 4.69) is 10.1 Å². The Bertz CT molecular complexity index is 647. The number of ether oxygens (including phenoxy) is 1. The lowest BCUT2D eigenvalue weighted by atomic mass is 10.2. The monoisotopic (exact) mass is 225 g/mol. The van der Waals surface area contributed by atoms with Gasteiger partial charge in [0.1, 0.15) is 5.69 Å². The molecule has 0 N–H and O–H groups in total. The first-order chi connectivity index (χ1) is 8.38. The van der Waals surface area contributed by atoms with E-state index in [1.54, 1.807) is 18.0 Å². The van der Waals surface area contributed by atoms with Crippen LogP contribution in [-0.2, 0) is 0 Å². The van der Waals surface area contributed by atoms with E-state index in [4.69, 9.17) is 4.74 Å². The van der Waals surface area contributed by atoms with Crippen LogP contribution in [0.2, 0.25) is 0 Å². The largest absolute Gasteiger partial charge is 0.479 e. The fourth-order valence-corrected chi connectivity index (χ4v) is 1.81. The summed E-state index contributed by atoms with van der Waals surface area (Å²) in [6, 6.07) is 11.8. The summed E-state index contributed by atoms with van der Waals surface area (Å²) < 4.78 is 7.05. The molecular formula is C13H11N3O. The molecule has 0 spiro atoms. The van der Waals surface area contributed by atoms with Crippen molar-refractivity contribution >= 4 is 10.9 Å². The Morgan fingerprint density at radius 2 is 2.06 bits per heavy atom. The van der Waals surface area contributed by atoms with Gasteiger partial charge in [-0.05, 0) is 18.2 Å². The second kappa shape index (κ2) is 3.90. The molecule has 3 aromatic rings. The topological polar surface area (TPSA) is 39.9 Å². The van der Waals surface area contributed by atoms with Gasteiger partial charge in [-0.1, -0.05) is 18.2 Å². The Morgan fingerprint density at radius 1 is 1.18 bits per heavy atom. The highest BCUT2D eigenvalue weighted by molar-refractivity contribution is 5.81. The van der Waals surface area contributed by atoms with Crippen molar-refractivity contribution in [3.05, 3.63) is 48.8 Å². The van der Waals surface area contributed by atoms with Crippen LogP contribution in [0.4, 0.5) is 0 Å². The zero-order chi connectivity index (χ0) is 11.7. The van der Waals surface area contributed by atoms with Crippen LogP contribution in [0.3, 0.4) is 0 Å². The minimum Gasteiger partial charge on any atom is -0.479 e. The van der Waals surface area contributed by atoms with Crippen LogP contribution in [0.25, 0.3) is 16.6 Å². The third-order valence-electron chi connectivity index (χ3n) is 2.61. The van der Waals surface area contributed by atoms with E-state index >= 15 is 0 Å². The number of benzene rings is 1. The first-order valence-corrected chi connectivity index (χ1v) is 5.32. The minimum atomic E-state index is 0.576. The van der Waals surface area contributed by atoms with Crippen molar-refractivity contribution in [3.8, 4) is 11.6 Å². The Hall–Kier alpha value is -2.36. The normalized spacial score (nSPS) is 10.6. The predicted octanol–water partition coefficient (Wildman–Crippen LogP) is 2.43. The van der Waals surface area contributed by atoms with Crippen molar-refractivity contribution in [2.45, 2.75) is 0 Å². The highest BCUT2D eigenvalue weighted by atomic mass is 16.5. The molecule has 0 aliphatic rings. The van der Waals surface area contributed by atoms with E-state index in [0.29, 0.717) is 5.88 Å². The molecule has 0 atom stereocenters. The molecule has 0 radical (unpaired) electrons. The third-order valence-corrected chi connectivity index (χ3v) is 2.61. The molecule has 4 heteroatoms. The number of fused-ring (bicyclic) bond motifs is 1. The lowest BCUT2D eigenvalue weighted by Gasteiger charge is -2.08. The molecule has 1 aromatic carbocycles. The minimum absolute atomic E-state index is 0.576. The molecule has 0 bridgehead atoms. The maximum atomic E-state index is 5.31. The van der Waals surface area contributed by atoms with E-state index in [0.717, 1.165) is 16.6 Å². The number of rotatable bonds is 2. The summed E-state index contributed by atoms with van der Waals surface area (Å²) >= 11 is 0. The number of methoxy groups -OCH3 is 1. The molecule has 2 aromatic heterocycles. The first kappa shape index (κ1) is 9.84. The van der Waals surface area contributed by atoms with Crippen LogP contribution in [0, 0.1) is 0 Å². The van der Waals surface area contributed by atoms with Crippen molar-refractivity contribution in [1.29, 1.82) is 0 Å². The van der Waals surface area contributed by atoms with E-state index in [1.807, 2.05) is 42.6 Å². The molecule has 0 unspecified atom stereocenters. The summed E-state index contributed by atoms with van der Waals surface area (Å²) in [5.41, 5.74) is 1.76. The van der Waals surface area contributed by atoms with Gasteiger partial charge in [0.25, 0.3) is 0 Å². The summed E-state index contributed by atoms with van der Waals surface area (Å²) in [5, 5.41) is 5.27. The van der Waals surface area contributed by atoms with Gasteiger partial charge >= 0.3 is 0 Å². The van der Waals surface area contributed by atoms with Crippen LogP contribution in [0.15, 0.2) is 48.8 Å². The molecule has 0 saturated carbocycles. The molecule has 0 aliphatic heterocycles. The maximum absolute atomic E-state index is 5.31. The van der Waals surface area contributed by atoms with Gasteiger partial charge in [0, 0.05) is 17.8 Å². The van der Waals surface area contributed by atoms with Gasteiger partial charge in [0.05, 0.1) is 12.6 Å². The summed E-state index contributed by atoms with van der Waals surface area (Å²) in [5.74, 6) is 0.576. The van der Waals surface area contributed by atoms with Crippen molar-refractivity contribution in [2.24, 2.45) is 0 Å². The molecule has 0 fully saturated rings. The van der Waals surface area contributed by atoms with Crippen molar-refractivity contribution < 1.29 is 4.74 Å². The fraction of sp³-hybridized carbons (Fsp3) is 0.0769. The molecule has 84 valence electrons. The number of hydrogen-bond donors (Lipinski definition) is 0. The predicted molar refractivity (Wildman–Crippen MR) is 65.4 cm³/mol. The third kappa shape index (κ3) is 1.63. The molecular weight excluding hydrogens is 214 g/mol. The van der Waals surface area contributed by atoms with Crippen LogP contribution >= 0.6 is 0 Å². The first-order valence-electron chi connectivity index (χ1n) is 5.32. The average Bonchev–Trinajstić information content (AvgIpc) is 2.91. The van der Waals surface area contributed by atoms with E-state index in [9.17, 15) is 0 Å². The highest BCUT2D eigenvalue weighted by Crippen LogP contribution is 2.24. The Balaban J connectivity index is 2.29. The van der Waals surface area contributed by atoms with E-state index < -0.39 is 0 Å². The summed E-state index contributed by atoms with van der Waals surface area (Å²) in [6.07, 6.45) is 3.60. The van der Waals surface area contributed by atoms with Crippen molar-refractivity contribution in [2.75, 3.05) is 7.11 Å². The number of hydrogen-bond acceptors (Lipinski definition) is 3. The van der Waals surface area contributed by atoms with E-state index in [1.165, 1.54) is 0 Å². The van der Waals surface area contributed by atoms with Crippen molar-refractivity contribution in [1.82, 2.24) is 14.8 Å². The molecule has 2 heterocycles. The standard InChI is InChI=1S/C13H11N3O/c1-17-13-12(16-8-4-7-14-16)9-10-5-2-3-6-11(10)15-13/h2-9H,1H3. The second-order valence-corrected chi connectivity index (χ2v) is 3.66. The van der Waals surface area contributed by atoms with Crippen molar-refractivity contribution in [3.63, 3.8) is 0 Å². The van der Waals surface area contributed by atoms with Crippen LogP contribution in [0.1, 0.15) is 0 Å². The van der Waals surface area contributed by atoms with Gasteiger partial charge in [-0.15, -0.1) is 0 Å². The molecule has 0 saturated heterocycles. The zero-order valence-corrected chi connectivity index (χ0v) is 9.37. The highest BCUT2D eigenvalue weighted by Gasteiger charge is 2.08. The quantitative estimate of drug-likeness (QED) is 0.672. The van der Waals surface area contributed by atoms with Gasteiger partial charge in [-0.2, -0.15) is 5.10 Å². The molecule has 17 heavy (non-hydrogen) atoms. The number of pyridine rings is 1. The summed E-state index contributed by atoms with van der Waals surface area (Å²) in [7, 11) is 1.62. The summed E-state index contributed by atoms with van der Waals surface area (Å²) in [4.78, 5) is 4.47. The Labute approximate surface area is 98.5 Å². The maximum Gasteiger partial charge on any atom is 0.240 e. The van der Waals surface area contributed by atoms with Gasteiger partial charge in [-0.25, -0.2) is 9.67 Å². The van der Waals surface area contributed by atoms with Crippen LogP contribution < -0.4 is 4.74 Å². The van der Waals surface area contributed by atoms with Crippen LogP contribution in [0.5, 0.6) is 5.88 Å². The Morgan fingerprint density at radius 3 is 2.82 bits per heavy atom. The number of para-hydroxylation sites is 1. The zero-order valence-electron chi connectivity index (χ0n) is 9.37. The van der Waals surface area contributed by atoms with E-state index in [-0.39, 0.29) is 0 Å². The lowest BCUT2D eigenvalue weighted by Crippen LogP contribution is -2.00. The SMILES string of the molecule is COc1nc2ccccc2cc1-n1cccn1. The fourth-order valence-electron chi connectivity index (χ4n) is 1.81. The van der Waals surface area contributed by atoms with Crippen LogP contribution in [-0.4, -0.2) is 21.9 Å². The smallest absolute Gasteiger partial charge is 0.240 e. The van der Waals surface area contributed by atoms with Gasteiger partial charge in [0.15, 0.2) is 0 Å². The average molecular weight is 225 g/mol. The summed E-state index contributed by atoms with van der Waals surface area (Å²) in [6.45, 7) is 0. The number of nitrogens with zero attached hydrogens (tertiary/aromatic N) is 3. The lowest BCUT2D eigenvalue weighted by molar-refractivity contribution is 0.396. The van der Waals surface area contributed by atoms with Gasteiger partial charge in [-0.3, -0.25) is 0 Å². The number of aromatic nitrogens is 3.